The highest BCUT2D eigenvalue weighted by atomic mass is 35.5. The summed E-state index contributed by atoms with van der Waals surface area (Å²) in [6.07, 6.45) is 3.43. The van der Waals surface area contributed by atoms with Gasteiger partial charge < -0.3 is 14.4 Å². The first-order valence-corrected chi connectivity index (χ1v) is 7.58. The molecule has 0 unspecified atom stereocenters. The van der Waals surface area contributed by atoms with E-state index in [9.17, 15) is 5.11 Å². The number of benzene rings is 2. The largest absolute Gasteiger partial charge is 0.373 e. The van der Waals surface area contributed by atoms with Crippen LogP contribution in [0.25, 0.3) is 0 Å². The monoisotopic (exact) mass is 328 g/mol. The van der Waals surface area contributed by atoms with Crippen LogP contribution in [-0.4, -0.2) is 21.8 Å². The van der Waals surface area contributed by atoms with Crippen molar-refractivity contribution in [1.82, 2.24) is 9.55 Å². The minimum absolute atomic E-state index is 0.304. The molecule has 0 aliphatic carbocycles. The van der Waals surface area contributed by atoms with E-state index in [1.54, 1.807) is 48.3 Å². The zero-order valence-corrected chi connectivity index (χ0v) is 13.4. The van der Waals surface area contributed by atoms with Crippen LogP contribution < -0.4 is 0 Å². The second kappa shape index (κ2) is 6.54. The summed E-state index contributed by atoms with van der Waals surface area (Å²) in [7, 11) is 1.60. The maximum atomic E-state index is 11.6. The van der Waals surface area contributed by atoms with Crippen LogP contribution in [0.15, 0.2) is 67.0 Å². The quantitative estimate of drug-likeness (QED) is 0.780. The summed E-state index contributed by atoms with van der Waals surface area (Å²) in [4.78, 5) is 4.38. The minimum Gasteiger partial charge on any atom is -0.373 e. The van der Waals surface area contributed by atoms with Crippen LogP contribution in [0.4, 0.5) is 0 Å². The van der Waals surface area contributed by atoms with Crippen molar-refractivity contribution in [2.75, 3.05) is 7.11 Å². The Hall–Kier alpha value is -2.14. The molecule has 0 aliphatic heterocycles. The lowest BCUT2D eigenvalue weighted by Crippen LogP contribution is -2.32. The first-order chi connectivity index (χ1) is 11.2. The molecule has 1 heterocycles. The average molecular weight is 329 g/mol. The van der Waals surface area contributed by atoms with Gasteiger partial charge in [-0.3, -0.25) is 0 Å². The number of ether oxygens (including phenoxy) is 1. The van der Waals surface area contributed by atoms with Crippen molar-refractivity contribution in [3.8, 4) is 0 Å². The van der Waals surface area contributed by atoms with Crippen molar-refractivity contribution < 1.29 is 9.84 Å². The van der Waals surface area contributed by atoms with Gasteiger partial charge in [0.25, 0.3) is 0 Å². The highest BCUT2D eigenvalue weighted by Gasteiger charge is 2.37. The molecule has 118 valence electrons. The summed E-state index contributed by atoms with van der Waals surface area (Å²) in [5.41, 5.74) is 0.0240. The molecular formula is C18H17ClN2O2. The first kappa shape index (κ1) is 15.7. The molecule has 0 aliphatic rings. The normalized spacial score (nSPS) is 13.7. The summed E-state index contributed by atoms with van der Waals surface area (Å²) < 4.78 is 6.98. The number of aromatic nitrogens is 2. The molecule has 0 bridgehead atoms. The highest BCUT2D eigenvalue weighted by Crippen LogP contribution is 2.36. The van der Waals surface area contributed by atoms with E-state index in [1.807, 2.05) is 30.3 Å². The number of halogens is 1. The number of hydrogen-bond acceptors (Lipinski definition) is 3. The standard InChI is InChI=1S/C18H17ClN2O2/c1-23-13-21-12-11-20-17(21)18(22,14-5-3-2-4-6-14)15-7-9-16(19)10-8-15/h2-12,22H,13H2,1H3/t18-/m1/s1. The van der Waals surface area contributed by atoms with Crippen molar-refractivity contribution in [3.05, 3.63) is 89.0 Å². The molecule has 0 saturated heterocycles. The van der Waals surface area contributed by atoms with E-state index in [2.05, 4.69) is 4.98 Å². The van der Waals surface area contributed by atoms with Gasteiger partial charge in [0.15, 0.2) is 11.4 Å². The van der Waals surface area contributed by atoms with Crippen LogP contribution in [-0.2, 0) is 17.1 Å². The van der Waals surface area contributed by atoms with Gasteiger partial charge in [0.05, 0.1) is 0 Å². The van der Waals surface area contributed by atoms with E-state index in [4.69, 9.17) is 16.3 Å². The molecule has 23 heavy (non-hydrogen) atoms. The van der Waals surface area contributed by atoms with Gasteiger partial charge in [-0.2, -0.15) is 0 Å². The Kier molecular flexibility index (Phi) is 4.48. The topological polar surface area (TPSA) is 47.3 Å². The number of nitrogens with zero attached hydrogens (tertiary/aromatic N) is 2. The molecule has 1 N–H and O–H groups in total. The van der Waals surface area contributed by atoms with Gasteiger partial charge in [0, 0.05) is 24.5 Å². The van der Waals surface area contributed by atoms with Gasteiger partial charge in [-0.05, 0) is 23.3 Å². The van der Waals surface area contributed by atoms with E-state index in [1.165, 1.54) is 0 Å². The van der Waals surface area contributed by atoms with Crippen LogP contribution in [0, 0.1) is 0 Å². The summed E-state index contributed by atoms with van der Waals surface area (Å²) in [6, 6.07) is 16.6. The highest BCUT2D eigenvalue weighted by molar-refractivity contribution is 6.30. The number of methoxy groups -OCH3 is 1. The molecule has 3 aromatic rings. The Labute approximate surface area is 139 Å². The zero-order valence-electron chi connectivity index (χ0n) is 12.7. The van der Waals surface area contributed by atoms with Crippen LogP contribution in [0.3, 0.4) is 0 Å². The maximum Gasteiger partial charge on any atom is 0.173 e. The fourth-order valence-corrected chi connectivity index (χ4v) is 2.79. The van der Waals surface area contributed by atoms with Crippen LogP contribution >= 0.6 is 11.6 Å². The molecule has 5 heteroatoms. The second-order valence-corrected chi connectivity index (χ2v) is 5.66. The van der Waals surface area contributed by atoms with Gasteiger partial charge >= 0.3 is 0 Å². The molecule has 1 atom stereocenters. The lowest BCUT2D eigenvalue weighted by Gasteiger charge is -2.29. The number of hydrogen-bond donors (Lipinski definition) is 1. The molecule has 0 amide bonds. The van der Waals surface area contributed by atoms with Gasteiger partial charge in [-0.25, -0.2) is 4.98 Å². The van der Waals surface area contributed by atoms with Crippen LogP contribution in [0.1, 0.15) is 17.0 Å². The zero-order chi connectivity index (χ0) is 16.3. The van der Waals surface area contributed by atoms with Crippen molar-refractivity contribution in [2.24, 2.45) is 0 Å². The first-order valence-electron chi connectivity index (χ1n) is 7.20. The third-order valence-corrected chi connectivity index (χ3v) is 4.01. The number of rotatable bonds is 5. The molecule has 1 aromatic heterocycles. The van der Waals surface area contributed by atoms with E-state index in [0.29, 0.717) is 23.1 Å². The summed E-state index contributed by atoms with van der Waals surface area (Å²) >= 11 is 5.99. The fraction of sp³-hybridized carbons (Fsp3) is 0.167. The molecule has 0 spiro atoms. The fourth-order valence-electron chi connectivity index (χ4n) is 2.67. The van der Waals surface area contributed by atoms with E-state index in [0.717, 1.165) is 5.56 Å². The van der Waals surface area contributed by atoms with Crippen molar-refractivity contribution >= 4 is 11.6 Å². The Balaban J connectivity index is 2.21. The summed E-state index contributed by atoms with van der Waals surface area (Å²) in [5.74, 6) is 0.493. The SMILES string of the molecule is COCn1ccnc1[C@@](O)(c1ccccc1)c1ccc(Cl)cc1. The van der Waals surface area contributed by atoms with Gasteiger partial charge in [-0.15, -0.1) is 0 Å². The molecule has 3 rings (SSSR count). The van der Waals surface area contributed by atoms with Gasteiger partial charge in [0.1, 0.15) is 6.73 Å². The van der Waals surface area contributed by atoms with E-state index >= 15 is 0 Å². The molecule has 0 saturated carbocycles. The molecular weight excluding hydrogens is 312 g/mol. The average Bonchev–Trinajstić information content (AvgIpc) is 3.05. The molecule has 4 nitrogen and oxygen atoms in total. The smallest absolute Gasteiger partial charge is 0.173 e. The summed E-state index contributed by atoms with van der Waals surface area (Å²) in [6.45, 7) is 0.304. The van der Waals surface area contributed by atoms with E-state index < -0.39 is 5.60 Å². The minimum atomic E-state index is -1.39. The number of imidazole rings is 1. The lowest BCUT2D eigenvalue weighted by atomic mass is 9.85. The predicted molar refractivity (Wildman–Crippen MR) is 89.2 cm³/mol. The molecule has 2 aromatic carbocycles. The summed E-state index contributed by atoms with van der Waals surface area (Å²) in [5, 5.41) is 12.2. The Morgan fingerprint density at radius 2 is 1.74 bits per heavy atom. The van der Waals surface area contributed by atoms with Crippen molar-refractivity contribution in [3.63, 3.8) is 0 Å². The third kappa shape index (κ3) is 2.88. The Morgan fingerprint density at radius 1 is 1.09 bits per heavy atom. The van der Waals surface area contributed by atoms with Crippen molar-refractivity contribution in [2.45, 2.75) is 12.3 Å². The van der Waals surface area contributed by atoms with Gasteiger partial charge in [-0.1, -0.05) is 54.1 Å². The molecule has 0 radical (unpaired) electrons. The van der Waals surface area contributed by atoms with Crippen molar-refractivity contribution in [1.29, 1.82) is 0 Å². The van der Waals surface area contributed by atoms with Gasteiger partial charge in [0.2, 0.25) is 0 Å². The molecule has 0 fully saturated rings. The van der Waals surface area contributed by atoms with Crippen LogP contribution in [0.5, 0.6) is 0 Å². The van der Waals surface area contributed by atoms with E-state index in [-0.39, 0.29) is 0 Å². The van der Waals surface area contributed by atoms with Crippen LogP contribution in [0.2, 0.25) is 5.02 Å². The number of aliphatic hydroxyl groups is 1. The Morgan fingerprint density at radius 3 is 2.39 bits per heavy atom. The lowest BCUT2D eigenvalue weighted by molar-refractivity contribution is 0.0846. The maximum absolute atomic E-state index is 11.6. The Bertz CT molecular complexity index is 771. The second-order valence-electron chi connectivity index (χ2n) is 5.22. The third-order valence-electron chi connectivity index (χ3n) is 3.76. The predicted octanol–water partition coefficient (Wildman–Crippen LogP) is 3.42.